The van der Waals surface area contributed by atoms with Gasteiger partial charge < -0.3 is 14.8 Å². The van der Waals surface area contributed by atoms with Crippen LogP contribution >= 0.6 is 0 Å². The third-order valence-corrected chi connectivity index (χ3v) is 3.52. The molecular formula is C17H25NO3. The van der Waals surface area contributed by atoms with Gasteiger partial charge in [-0.25, -0.2) is 0 Å². The first-order valence-electron chi connectivity index (χ1n) is 7.57. The number of esters is 1. The number of hydrogen-bond donors (Lipinski definition) is 1. The van der Waals surface area contributed by atoms with E-state index in [4.69, 9.17) is 9.47 Å². The van der Waals surface area contributed by atoms with Crippen molar-refractivity contribution < 1.29 is 14.3 Å². The summed E-state index contributed by atoms with van der Waals surface area (Å²) in [5.41, 5.74) is 0.680. The van der Waals surface area contributed by atoms with E-state index < -0.39 is 5.60 Å². The smallest absolute Gasteiger partial charge is 0.311 e. The summed E-state index contributed by atoms with van der Waals surface area (Å²) < 4.78 is 11.1. The van der Waals surface area contributed by atoms with E-state index in [1.54, 1.807) is 0 Å². The third kappa shape index (κ3) is 4.21. The molecule has 4 nitrogen and oxygen atoms in total. The molecule has 1 aliphatic rings. The second kappa shape index (κ2) is 6.48. The van der Waals surface area contributed by atoms with Gasteiger partial charge in [-0.15, -0.1) is 0 Å². The normalized spacial score (nSPS) is 22.1. The Morgan fingerprint density at radius 3 is 2.76 bits per heavy atom. The molecule has 21 heavy (non-hydrogen) atoms. The molecule has 0 unspecified atom stereocenters. The van der Waals surface area contributed by atoms with Gasteiger partial charge in [0.05, 0.1) is 12.5 Å². The predicted molar refractivity (Wildman–Crippen MR) is 82.6 cm³/mol. The Morgan fingerprint density at radius 1 is 1.33 bits per heavy atom. The molecule has 0 saturated carbocycles. The van der Waals surface area contributed by atoms with Gasteiger partial charge in [-0.1, -0.05) is 12.1 Å². The van der Waals surface area contributed by atoms with Crippen LogP contribution in [0.1, 0.15) is 39.2 Å². The summed E-state index contributed by atoms with van der Waals surface area (Å²) in [5.74, 6) is 0.727. The monoisotopic (exact) mass is 291 g/mol. The molecule has 1 aromatic carbocycles. The van der Waals surface area contributed by atoms with Crippen molar-refractivity contribution in [3.8, 4) is 5.75 Å². The number of carbonyl (C=O) groups is 1. The van der Waals surface area contributed by atoms with Crippen molar-refractivity contribution in [2.75, 3.05) is 19.7 Å². The molecule has 1 N–H and O–H groups in total. The molecule has 1 saturated heterocycles. The van der Waals surface area contributed by atoms with Crippen LogP contribution in [-0.4, -0.2) is 31.3 Å². The van der Waals surface area contributed by atoms with Gasteiger partial charge in [-0.3, -0.25) is 4.79 Å². The minimum Gasteiger partial charge on any atom is -0.494 e. The molecule has 2 rings (SSSR count). The van der Waals surface area contributed by atoms with Gasteiger partial charge in [0.25, 0.3) is 0 Å². The lowest BCUT2D eigenvalue weighted by atomic mass is 9.88. The van der Waals surface area contributed by atoms with Crippen molar-refractivity contribution in [1.82, 2.24) is 5.32 Å². The van der Waals surface area contributed by atoms with Crippen molar-refractivity contribution in [3.63, 3.8) is 0 Å². The van der Waals surface area contributed by atoms with E-state index in [1.807, 2.05) is 45.9 Å². The Labute approximate surface area is 126 Å². The number of nitrogens with one attached hydrogen (secondary N) is 1. The predicted octanol–water partition coefficient (Wildman–Crippen LogP) is 2.73. The van der Waals surface area contributed by atoms with Crippen LogP contribution in [-0.2, 0) is 9.53 Å². The largest absolute Gasteiger partial charge is 0.494 e. The molecule has 0 spiro atoms. The number of benzene rings is 1. The van der Waals surface area contributed by atoms with Crippen LogP contribution in [0.15, 0.2) is 24.3 Å². The topological polar surface area (TPSA) is 47.6 Å². The first kappa shape index (κ1) is 15.8. The van der Waals surface area contributed by atoms with Crippen molar-refractivity contribution in [3.05, 3.63) is 29.8 Å². The van der Waals surface area contributed by atoms with Crippen molar-refractivity contribution in [1.29, 1.82) is 0 Å². The lowest BCUT2D eigenvalue weighted by Gasteiger charge is -2.24. The number of rotatable bonds is 4. The second-order valence-electron chi connectivity index (χ2n) is 6.41. The Kier molecular flexibility index (Phi) is 4.88. The molecule has 0 aromatic heterocycles. The second-order valence-corrected chi connectivity index (χ2v) is 6.41. The van der Waals surface area contributed by atoms with Gasteiger partial charge in [-0.2, -0.15) is 0 Å². The minimum absolute atomic E-state index is 0.126. The van der Waals surface area contributed by atoms with E-state index in [0.717, 1.165) is 17.9 Å². The maximum atomic E-state index is 12.4. The minimum atomic E-state index is -0.447. The van der Waals surface area contributed by atoms with E-state index in [9.17, 15) is 4.79 Å². The van der Waals surface area contributed by atoms with Gasteiger partial charge in [0.15, 0.2) is 0 Å². The Morgan fingerprint density at radius 2 is 2.10 bits per heavy atom. The van der Waals surface area contributed by atoms with E-state index in [2.05, 4.69) is 11.4 Å². The summed E-state index contributed by atoms with van der Waals surface area (Å²) in [4.78, 5) is 12.4. The Balaban J connectivity index is 2.14. The molecule has 0 amide bonds. The zero-order valence-electron chi connectivity index (χ0n) is 13.3. The Hall–Kier alpha value is -1.55. The van der Waals surface area contributed by atoms with Crippen LogP contribution < -0.4 is 10.1 Å². The standard InChI is InChI=1S/C17H25NO3/c1-5-20-13-8-6-7-12(9-13)14-10-18-11-15(14)16(19)21-17(2,3)4/h6-9,14-15,18H,5,10-11H2,1-4H3/t14-,15+/m0/s1. The van der Waals surface area contributed by atoms with Crippen LogP contribution in [0.25, 0.3) is 0 Å². The van der Waals surface area contributed by atoms with Gasteiger partial charge in [-0.05, 0) is 45.4 Å². The van der Waals surface area contributed by atoms with Crippen LogP contribution in [0.2, 0.25) is 0 Å². The quantitative estimate of drug-likeness (QED) is 0.867. The maximum absolute atomic E-state index is 12.4. The molecule has 2 atom stereocenters. The van der Waals surface area contributed by atoms with E-state index in [1.165, 1.54) is 0 Å². The highest BCUT2D eigenvalue weighted by molar-refractivity contribution is 5.75. The van der Waals surface area contributed by atoms with Crippen molar-refractivity contribution >= 4 is 5.97 Å². The lowest BCUT2D eigenvalue weighted by Crippen LogP contribution is -2.31. The zero-order chi connectivity index (χ0) is 15.5. The van der Waals surface area contributed by atoms with Crippen LogP contribution in [0.3, 0.4) is 0 Å². The zero-order valence-corrected chi connectivity index (χ0v) is 13.3. The molecule has 116 valence electrons. The Bertz CT molecular complexity index is 493. The average Bonchev–Trinajstić information content (AvgIpc) is 2.86. The fourth-order valence-electron chi connectivity index (χ4n) is 2.66. The van der Waals surface area contributed by atoms with Gasteiger partial charge in [0.1, 0.15) is 11.4 Å². The summed E-state index contributed by atoms with van der Waals surface area (Å²) in [7, 11) is 0. The summed E-state index contributed by atoms with van der Waals surface area (Å²) in [6.45, 7) is 9.76. The lowest BCUT2D eigenvalue weighted by molar-refractivity contribution is -0.159. The third-order valence-electron chi connectivity index (χ3n) is 3.52. The summed E-state index contributed by atoms with van der Waals surface area (Å²) >= 11 is 0. The first-order valence-corrected chi connectivity index (χ1v) is 7.57. The fraction of sp³-hybridized carbons (Fsp3) is 0.588. The maximum Gasteiger partial charge on any atom is 0.311 e. The van der Waals surface area contributed by atoms with E-state index in [0.29, 0.717) is 13.2 Å². The van der Waals surface area contributed by atoms with Crippen LogP contribution in [0.5, 0.6) is 5.75 Å². The fourth-order valence-corrected chi connectivity index (χ4v) is 2.66. The number of hydrogen-bond acceptors (Lipinski definition) is 4. The number of carbonyl (C=O) groups excluding carboxylic acids is 1. The van der Waals surface area contributed by atoms with Crippen LogP contribution in [0, 0.1) is 5.92 Å². The van der Waals surface area contributed by atoms with Gasteiger partial charge >= 0.3 is 5.97 Å². The van der Waals surface area contributed by atoms with Gasteiger partial charge in [0, 0.05) is 19.0 Å². The SMILES string of the molecule is CCOc1cccc([C@@H]2CNC[C@H]2C(=O)OC(C)(C)C)c1. The highest BCUT2D eigenvalue weighted by Crippen LogP contribution is 2.32. The molecule has 0 bridgehead atoms. The molecule has 1 heterocycles. The van der Waals surface area contributed by atoms with Crippen LogP contribution in [0.4, 0.5) is 0 Å². The van der Waals surface area contributed by atoms with E-state index >= 15 is 0 Å². The molecule has 0 radical (unpaired) electrons. The molecule has 4 heteroatoms. The van der Waals surface area contributed by atoms with Crippen molar-refractivity contribution in [2.24, 2.45) is 5.92 Å². The number of ether oxygens (including phenoxy) is 2. The van der Waals surface area contributed by atoms with Crippen molar-refractivity contribution in [2.45, 2.75) is 39.2 Å². The average molecular weight is 291 g/mol. The molecule has 1 fully saturated rings. The molecule has 1 aromatic rings. The molecule has 1 aliphatic heterocycles. The van der Waals surface area contributed by atoms with Gasteiger partial charge in [0.2, 0.25) is 0 Å². The summed E-state index contributed by atoms with van der Waals surface area (Å²) in [6, 6.07) is 8.00. The summed E-state index contributed by atoms with van der Waals surface area (Å²) in [6.07, 6.45) is 0. The molecule has 0 aliphatic carbocycles. The highest BCUT2D eigenvalue weighted by Gasteiger charge is 2.36. The molecular weight excluding hydrogens is 266 g/mol. The first-order chi connectivity index (χ1) is 9.90. The van der Waals surface area contributed by atoms with E-state index in [-0.39, 0.29) is 17.8 Å². The summed E-state index contributed by atoms with van der Waals surface area (Å²) in [5, 5.41) is 3.30. The highest BCUT2D eigenvalue weighted by atomic mass is 16.6.